The molecule has 5 nitrogen and oxygen atoms in total. The van der Waals surface area contributed by atoms with Crippen LogP contribution in [0.25, 0.3) is 0 Å². The van der Waals surface area contributed by atoms with Crippen LogP contribution in [0.2, 0.25) is 0 Å². The molecule has 0 heterocycles. The number of rotatable bonds is 10. The number of carbonyl (C=O) groups is 1. The number of benzene rings is 2. The van der Waals surface area contributed by atoms with Crippen LogP contribution in [0.1, 0.15) is 51.7 Å². The first-order valence-corrected chi connectivity index (χ1v) is 10.9. The van der Waals surface area contributed by atoms with Crippen molar-refractivity contribution in [2.24, 2.45) is 11.8 Å². The van der Waals surface area contributed by atoms with Crippen LogP contribution in [0, 0.1) is 11.8 Å². The summed E-state index contributed by atoms with van der Waals surface area (Å²) < 4.78 is 0. The molecule has 2 aromatic carbocycles. The second kappa shape index (κ2) is 11.7. The first kappa shape index (κ1) is 23.9. The SMILES string of the molecule is CCC(C)CN(C(=O)N(CC(C)CC)c1ccc(CO)cc1)c1ccc(CO)cc1. The lowest BCUT2D eigenvalue weighted by Gasteiger charge is -2.34. The van der Waals surface area contributed by atoms with E-state index in [9.17, 15) is 15.0 Å². The highest BCUT2D eigenvalue weighted by Gasteiger charge is 2.26. The fourth-order valence-corrected chi connectivity index (χ4v) is 3.18. The van der Waals surface area contributed by atoms with E-state index in [2.05, 4.69) is 27.7 Å². The standard InChI is InChI=1S/C25H36N2O3/c1-5-19(3)15-26(23-11-7-21(17-28)8-12-23)25(30)27(16-20(4)6-2)24-13-9-22(18-29)10-14-24/h7-14,19-20,28-29H,5-6,15-18H2,1-4H3. The van der Waals surface area contributed by atoms with Crippen molar-refractivity contribution in [2.45, 2.75) is 53.8 Å². The second-order valence-corrected chi connectivity index (χ2v) is 8.18. The Morgan fingerprint density at radius 3 is 1.33 bits per heavy atom. The fourth-order valence-electron chi connectivity index (χ4n) is 3.18. The van der Waals surface area contributed by atoms with Crippen molar-refractivity contribution in [3.8, 4) is 0 Å². The Morgan fingerprint density at radius 2 is 1.07 bits per heavy atom. The Kier molecular flexibility index (Phi) is 9.34. The zero-order valence-electron chi connectivity index (χ0n) is 18.7. The number of carbonyl (C=O) groups excluding carboxylic acids is 1. The first-order valence-electron chi connectivity index (χ1n) is 10.9. The molecule has 164 valence electrons. The van der Waals surface area contributed by atoms with Crippen LogP contribution in [0.4, 0.5) is 16.2 Å². The van der Waals surface area contributed by atoms with E-state index < -0.39 is 0 Å². The molecule has 2 amide bonds. The Bertz CT molecular complexity index is 708. The van der Waals surface area contributed by atoms with Gasteiger partial charge < -0.3 is 10.2 Å². The molecule has 0 aromatic heterocycles. The summed E-state index contributed by atoms with van der Waals surface area (Å²) in [5, 5.41) is 18.7. The van der Waals surface area contributed by atoms with Crippen LogP contribution in [0.5, 0.6) is 0 Å². The van der Waals surface area contributed by atoms with Gasteiger partial charge in [-0.05, 0) is 47.2 Å². The van der Waals surface area contributed by atoms with Gasteiger partial charge in [-0.1, -0.05) is 64.8 Å². The summed E-state index contributed by atoms with van der Waals surface area (Å²) in [5.74, 6) is 0.711. The summed E-state index contributed by atoms with van der Waals surface area (Å²) in [6.45, 7) is 9.78. The molecule has 0 spiro atoms. The average molecular weight is 413 g/mol. The van der Waals surface area contributed by atoms with Crippen LogP contribution in [0.3, 0.4) is 0 Å². The van der Waals surface area contributed by atoms with Gasteiger partial charge in [0.15, 0.2) is 0 Å². The maximum Gasteiger partial charge on any atom is 0.328 e. The average Bonchev–Trinajstić information content (AvgIpc) is 2.80. The number of hydrogen-bond donors (Lipinski definition) is 2. The maximum atomic E-state index is 13.8. The predicted octanol–water partition coefficient (Wildman–Crippen LogP) is 5.20. The van der Waals surface area contributed by atoms with E-state index in [1.54, 1.807) is 0 Å². The highest BCUT2D eigenvalue weighted by Crippen LogP contribution is 2.25. The number of amides is 2. The predicted molar refractivity (Wildman–Crippen MR) is 124 cm³/mol. The fraction of sp³-hybridized carbons (Fsp3) is 0.480. The molecule has 0 radical (unpaired) electrons. The molecule has 30 heavy (non-hydrogen) atoms. The lowest BCUT2D eigenvalue weighted by Crippen LogP contribution is -2.47. The lowest BCUT2D eigenvalue weighted by molar-refractivity contribution is 0.249. The minimum atomic E-state index is -0.0518. The van der Waals surface area contributed by atoms with Gasteiger partial charge in [0, 0.05) is 24.5 Å². The third kappa shape index (κ3) is 6.31. The van der Waals surface area contributed by atoms with Crippen molar-refractivity contribution in [3.63, 3.8) is 0 Å². The molecule has 0 saturated carbocycles. The second-order valence-electron chi connectivity index (χ2n) is 8.18. The van der Waals surface area contributed by atoms with E-state index in [1.807, 2.05) is 58.3 Å². The smallest absolute Gasteiger partial charge is 0.328 e. The molecule has 2 aromatic rings. The third-order valence-corrected chi connectivity index (χ3v) is 5.71. The summed E-state index contributed by atoms with van der Waals surface area (Å²) in [7, 11) is 0. The minimum Gasteiger partial charge on any atom is -0.392 e. The van der Waals surface area contributed by atoms with E-state index >= 15 is 0 Å². The molecule has 2 N–H and O–H groups in total. The monoisotopic (exact) mass is 412 g/mol. The van der Waals surface area contributed by atoms with Crippen molar-refractivity contribution >= 4 is 17.4 Å². The van der Waals surface area contributed by atoms with Gasteiger partial charge in [-0.3, -0.25) is 9.80 Å². The highest BCUT2D eigenvalue weighted by atomic mass is 16.3. The molecule has 2 atom stereocenters. The Labute approximate surface area is 181 Å². The molecule has 0 saturated heterocycles. The van der Waals surface area contributed by atoms with Crippen LogP contribution in [-0.2, 0) is 13.2 Å². The summed E-state index contributed by atoms with van der Waals surface area (Å²) in [4.78, 5) is 17.5. The number of aliphatic hydroxyl groups excluding tert-OH is 2. The number of nitrogens with zero attached hydrogens (tertiary/aromatic N) is 2. The molecule has 0 aliphatic rings. The summed E-state index contributed by atoms with van der Waals surface area (Å²) in [5.41, 5.74) is 3.31. The molecular weight excluding hydrogens is 376 g/mol. The first-order chi connectivity index (χ1) is 14.4. The van der Waals surface area contributed by atoms with Gasteiger partial charge in [-0.25, -0.2) is 4.79 Å². The molecule has 0 fully saturated rings. The molecule has 0 aliphatic heterocycles. The van der Waals surface area contributed by atoms with Crippen LogP contribution in [0.15, 0.2) is 48.5 Å². The molecule has 0 bridgehead atoms. The number of anilines is 2. The van der Waals surface area contributed by atoms with Crippen LogP contribution >= 0.6 is 0 Å². The van der Waals surface area contributed by atoms with E-state index in [0.29, 0.717) is 24.9 Å². The van der Waals surface area contributed by atoms with Gasteiger partial charge in [0.25, 0.3) is 0 Å². The van der Waals surface area contributed by atoms with Crippen molar-refractivity contribution in [1.82, 2.24) is 0 Å². The quantitative estimate of drug-likeness (QED) is 0.564. The summed E-state index contributed by atoms with van der Waals surface area (Å²) in [6.07, 6.45) is 1.96. The largest absolute Gasteiger partial charge is 0.392 e. The topological polar surface area (TPSA) is 64.0 Å². The molecule has 2 unspecified atom stereocenters. The summed E-state index contributed by atoms with van der Waals surface area (Å²) >= 11 is 0. The van der Waals surface area contributed by atoms with Gasteiger partial charge in [-0.15, -0.1) is 0 Å². The molecular formula is C25H36N2O3. The van der Waals surface area contributed by atoms with E-state index in [1.165, 1.54) is 0 Å². The van der Waals surface area contributed by atoms with Crippen molar-refractivity contribution in [2.75, 3.05) is 22.9 Å². The van der Waals surface area contributed by atoms with Crippen LogP contribution in [-0.4, -0.2) is 29.3 Å². The number of aliphatic hydroxyl groups is 2. The van der Waals surface area contributed by atoms with Crippen molar-refractivity contribution in [3.05, 3.63) is 59.7 Å². The van der Waals surface area contributed by atoms with E-state index in [-0.39, 0.29) is 19.2 Å². The Morgan fingerprint density at radius 1 is 0.733 bits per heavy atom. The van der Waals surface area contributed by atoms with Gasteiger partial charge in [-0.2, -0.15) is 0 Å². The van der Waals surface area contributed by atoms with Gasteiger partial charge in [0.1, 0.15) is 0 Å². The number of hydrogen-bond acceptors (Lipinski definition) is 3. The normalized spacial score (nSPS) is 13.0. The van der Waals surface area contributed by atoms with Crippen molar-refractivity contribution < 1.29 is 15.0 Å². The molecule has 0 aliphatic carbocycles. The van der Waals surface area contributed by atoms with Gasteiger partial charge >= 0.3 is 6.03 Å². The van der Waals surface area contributed by atoms with E-state index in [0.717, 1.165) is 35.3 Å². The summed E-state index contributed by atoms with van der Waals surface area (Å²) in [6, 6.07) is 15.0. The van der Waals surface area contributed by atoms with Crippen LogP contribution < -0.4 is 9.80 Å². The molecule has 5 heteroatoms. The zero-order chi connectivity index (χ0) is 22.1. The van der Waals surface area contributed by atoms with E-state index in [4.69, 9.17) is 0 Å². The zero-order valence-corrected chi connectivity index (χ0v) is 18.7. The van der Waals surface area contributed by atoms with Crippen molar-refractivity contribution in [1.29, 1.82) is 0 Å². The Hall–Kier alpha value is -2.37. The Balaban J connectivity index is 2.42. The molecule has 2 rings (SSSR count). The van der Waals surface area contributed by atoms with Gasteiger partial charge in [0.05, 0.1) is 13.2 Å². The lowest BCUT2D eigenvalue weighted by atomic mass is 10.1. The van der Waals surface area contributed by atoms with Gasteiger partial charge in [0.2, 0.25) is 0 Å². The highest BCUT2D eigenvalue weighted by molar-refractivity contribution is 6.03. The minimum absolute atomic E-state index is 0.0169. The maximum absolute atomic E-state index is 13.8. The number of urea groups is 1. The third-order valence-electron chi connectivity index (χ3n) is 5.71.